The van der Waals surface area contributed by atoms with Crippen molar-refractivity contribution < 1.29 is 4.79 Å². The van der Waals surface area contributed by atoms with Crippen LogP contribution in [-0.2, 0) is 11.8 Å². The molecule has 1 aliphatic carbocycles. The molecule has 37 heavy (non-hydrogen) atoms. The fraction of sp³-hybridized carbons (Fsp3) is 0.484. The molecule has 6 heteroatoms. The van der Waals surface area contributed by atoms with Crippen molar-refractivity contribution in [2.24, 2.45) is 13.0 Å². The normalized spacial score (nSPS) is 16.4. The van der Waals surface area contributed by atoms with Gasteiger partial charge in [0.1, 0.15) is 31.5 Å². The molecule has 194 valence electrons. The van der Waals surface area contributed by atoms with Crippen molar-refractivity contribution in [2.45, 2.75) is 85.9 Å². The minimum Gasteiger partial charge on any atom is -0.328 e. The maximum Gasteiger partial charge on any atom is 0.144 e. The zero-order chi connectivity index (χ0) is 27.3. The van der Waals surface area contributed by atoms with Gasteiger partial charge in [-0.2, -0.15) is 0 Å². The first kappa shape index (κ1) is 27.0. The molecule has 0 fully saturated rings. The summed E-state index contributed by atoms with van der Waals surface area (Å²) in [6.45, 7) is 19.5. The maximum absolute atomic E-state index is 12.0. The molecular formula is C31H40N4OSi. The van der Waals surface area contributed by atoms with Crippen molar-refractivity contribution in [3.05, 3.63) is 46.7 Å². The van der Waals surface area contributed by atoms with Crippen LogP contribution in [0.2, 0.25) is 18.1 Å². The highest BCUT2D eigenvalue weighted by Crippen LogP contribution is 2.43. The first-order valence-electron chi connectivity index (χ1n) is 13.2. The van der Waals surface area contributed by atoms with Gasteiger partial charge in [-0.1, -0.05) is 45.9 Å². The highest BCUT2D eigenvalue weighted by Gasteiger charge is 2.34. The van der Waals surface area contributed by atoms with Crippen molar-refractivity contribution in [1.82, 2.24) is 19.5 Å². The third-order valence-corrected chi connectivity index (χ3v) is 13.0. The monoisotopic (exact) mass is 512 g/mol. The molecule has 0 saturated heterocycles. The predicted molar refractivity (Wildman–Crippen MR) is 156 cm³/mol. The number of Topliss-reactive ketones (excluding diaryl/α,β-unsaturated/α-hetero) is 1. The van der Waals surface area contributed by atoms with Crippen molar-refractivity contribution >= 4 is 30.5 Å². The number of ketones is 1. The third-order valence-electron chi connectivity index (χ3n) is 8.48. The van der Waals surface area contributed by atoms with Crippen LogP contribution in [0.3, 0.4) is 0 Å². The van der Waals surface area contributed by atoms with E-state index in [0.29, 0.717) is 0 Å². The van der Waals surface area contributed by atoms with E-state index in [0.717, 1.165) is 64.2 Å². The Morgan fingerprint density at radius 3 is 2.38 bits per heavy atom. The molecule has 0 amide bonds. The molecule has 0 spiro atoms. The van der Waals surface area contributed by atoms with Gasteiger partial charge >= 0.3 is 0 Å². The first-order chi connectivity index (χ1) is 17.2. The highest BCUT2D eigenvalue weighted by atomic mass is 28.3. The number of hydrogen-bond donors (Lipinski definition) is 0. The Morgan fingerprint density at radius 2 is 1.81 bits per heavy atom. The summed E-state index contributed by atoms with van der Waals surface area (Å²) in [6, 6.07) is 2.13. The molecule has 0 saturated carbocycles. The van der Waals surface area contributed by atoms with E-state index in [2.05, 4.69) is 99.8 Å². The summed E-state index contributed by atoms with van der Waals surface area (Å²) in [6.07, 6.45) is 6.43. The molecule has 0 N–H and O–H groups in total. The molecule has 0 aromatic carbocycles. The van der Waals surface area contributed by atoms with Crippen LogP contribution >= 0.6 is 0 Å². The predicted octanol–water partition coefficient (Wildman–Crippen LogP) is 7.13. The van der Waals surface area contributed by atoms with Crippen molar-refractivity contribution in [2.75, 3.05) is 0 Å². The number of carbonyl (C=O) groups is 1. The van der Waals surface area contributed by atoms with Crippen molar-refractivity contribution in [3.8, 4) is 22.7 Å². The number of aryl methyl sites for hydroxylation is 4. The Hall–Kier alpha value is -3.04. The summed E-state index contributed by atoms with van der Waals surface area (Å²) in [5.41, 5.74) is 13.2. The lowest BCUT2D eigenvalue weighted by molar-refractivity contribution is -0.120. The number of pyridine rings is 1. The van der Waals surface area contributed by atoms with E-state index in [1.165, 1.54) is 11.1 Å². The van der Waals surface area contributed by atoms with Gasteiger partial charge in [-0.25, -0.2) is 15.0 Å². The zero-order valence-corrected chi connectivity index (χ0v) is 25.1. The average molecular weight is 513 g/mol. The summed E-state index contributed by atoms with van der Waals surface area (Å²) in [5.74, 6) is 3.81. The Morgan fingerprint density at radius 1 is 1.11 bits per heavy atom. The standard InChI is InChI=1S/C31H40N4OSi/c1-19-17-25(15-16-37(9,10)31(5,6)7)34-21(3)26(19)29-28(24-13-11-23(12-14-24)22(4)36)27-20(2)32-18-33-30(27)35(29)8/h13,17-18,23H,11-12,14H2,1-10H3. The SMILES string of the molecule is CC(=O)C1CC=C(c2c(-c3c(C)cc(C#C[Si](C)(C)C(C)(C)C)nc3C)n(C)c3ncnc(C)c23)CC1. The second kappa shape index (κ2) is 9.68. The molecule has 3 aromatic heterocycles. The zero-order valence-electron chi connectivity index (χ0n) is 24.1. The van der Waals surface area contributed by atoms with Crippen LogP contribution in [0.4, 0.5) is 0 Å². The summed E-state index contributed by atoms with van der Waals surface area (Å²) < 4.78 is 2.19. The van der Waals surface area contributed by atoms with Crippen LogP contribution in [0.25, 0.3) is 27.9 Å². The minimum atomic E-state index is -1.73. The summed E-state index contributed by atoms with van der Waals surface area (Å²) in [4.78, 5) is 26.2. The smallest absolute Gasteiger partial charge is 0.144 e. The number of fused-ring (bicyclic) bond motifs is 1. The van der Waals surface area contributed by atoms with Gasteiger partial charge in [-0.15, -0.1) is 5.54 Å². The van der Waals surface area contributed by atoms with Gasteiger partial charge in [0.25, 0.3) is 0 Å². The number of aromatic nitrogens is 4. The first-order valence-corrected chi connectivity index (χ1v) is 16.2. The van der Waals surface area contributed by atoms with E-state index in [1.54, 1.807) is 13.3 Å². The van der Waals surface area contributed by atoms with Gasteiger partial charge in [0.2, 0.25) is 0 Å². The van der Waals surface area contributed by atoms with E-state index in [1.807, 2.05) is 0 Å². The molecule has 0 radical (unpaired) electrons. The maximum atomic E-state index is 12.0. The molecule has 0 aliphatic heterocycles. The van der Waals surface area contributed by atoms with Crippen molar-refractivity contribution in [1.29, 1.82) is 0 Å². The summed E-state index contributed by atoms with van der Waals surface area (Å²) in [5, 5.41) is 1.30. The van der Waals surface area contributed by atoms with Crippen LogP contribution in [-0.4, -0.2) is 33.4 Å². The fourth-order valence-corrected chi connectivity index (χ4v) is 5.91. The lowest BCUT2D eigenvalue weighted by atomic mass is 9.83. The molecular weight excluding hydrogens is 472 g/mol. The number of nitrogens with zero attached hydrogens (tertiary/aromatic N) is 4. The minimum absolute atomic E-state index is 0.114. The molecule has 4 rings (SSSR count). The number of carbonyl (C=O) groups excluding carboxylic acids is 1. The Labute approximate surface area is 222 Å². The fourth-order valence-electron chi connectivity index (χ4n) is 5.10. The van der Waals surface area contributed by atoms with Crippen LogP contribution in [0.15, 0.2) is 18.5 Å². The lowest BCUT2D eigenvalue weighted by Gasteiger charge is -2.31. The highest BCUT2D eigenvalue weighted by molar-refractivity contribution is 6.87. The second-order valence-corrected chi connectivity index (χ2v) is 17.2. The van der Waals surface area contributed by atoms with Crippen molar-refractivity contribution in [3.63, 3.8) is 0 Å². The molecule has 0 bridgehead atoms. The summed E-state index contributed by atoms with van der Waals surface area (Å²) >= 11 is 0. The van der Waals surface area contributed by atoms with Gasteiger partial charge in [0.15, 0.2) is 0 Å². The van der Waals surface area contributed by atoms with E-state index >= 15 is 0 Å². The Balaban J connectivity index is 1.92. The molecule has 1 atom stereocenters. The average Bonchev–Trinajstić information content (AvgIpc) is 3.10. The largest absolute Gasteiger partial charge is 0.328 e. The Kier molecular flexibility index (Phi) is 7.07. The second-order valence-electron chi connectivity index (χ2n) is 12.2. The number of rotatable bonds is 3. The van der Waals surface area contributed by atoms with Gasteiger partial charge in [-0.3, -0.25) is 4.79 Å². The molecule has 1 unspecified atom stereocenters. The van der Waals surface area contributed by atoms with Crippen LogP contribution in [0, 0.1) is 38.2 Å². The Bertz CT molecular complexity index is 1470. The van der Waals surface area contributed by atoms with Crippen LogP contribution in [0.1, 0.15) is 75.2 Å². The molecule has 3 aromatic rings. The summed E-state index contributed by atoms with van der Waals surface area (Å²) in [7, 11) is 0.348. The van der Waals surface area contributed by atoms with E-state index in [9.17, 15) is 4.79 Å². The molecule has 1 aliphatic rings. The molecule has 5 nitrogen and oxygen atoms in total. The number of allylic oxidation sites excluding steroid dienone is 2. The number of hydrogen-bond acceptors (Lipinski definition) is 4. The lowest BCUT2D eigenvalue weighted by Crippen LogP contribution is -2.35. The van der Waals surface area contributed by atoms with E-state index in [-0.39, 0.29) is 16.7 Å². The third kappa shape index (κ3) is 4.94. The van der Waals surface area contributed by atoms with Gasteiger partial charge in [-0.05, 0) is 69.2 Å². The van der Waals surface area contributed by atoms with E-state index in [4.69, 9.17) is 4.98 Å². The van der Waals surface area contributed by atoms with Crippen LogP contribution in [0.5, 0.6) is 0 Å². The van der Waals surface area contributed by atoms with E-state index < -0.39 is 8.07 Å². The molecule has 3 heterocycles. The topological polar surface area (TPSA) is 60.7 Å². The van der Waals surface area contributed by atoms with Gasteiger partial charge in [0, 0.05) is 35.2 Å². The quantitative estimate of drug-likeness (QED) is 0.277. The van der Waals surface area contributed by atoms with Gasteiger partial charge < -0.3 is 4.57 Å². The van der Waals surface area contributed by atoms with Crippen LogP contribution < -0.4 is 0 Å². The van der Waals surface area contributed by atoms with Gasteiger partial charge in [0.05, 0.1) is 11.4 Å².